The summed E-state index contributed by atoms with van der Waals surface area (Å²) in [6.07, 6.45) is -1.01. The van der Waals surface area contributed by atoms with Crippen molar-refractivity contribution >= 4 is 35.6 Å². The van der Waals surface area contributed by atoms with Crippen molar-refractivity contribution in [1.82, 2.24) is 16.0 Å². The first kappa shape index (κ1) is 30.8. The van der Waals surface area contributed by atoms with Crippen molar-refractivity contribution in [3.63, 3.8) is 0 Å². The van der Waals surface area contributed by atoms with Crippen molar-refractivity contribution in [3.8, 4) is 0 Å². The summed E-state index contributed by atoms with van der Waals surface area (Å²) in [4.78, 5) is 71.2. The van der Waals surface area contributed by atoms with E-state index < -0.39 is 72.6 Å². The van der Waals surface area contributed by atoms with Crippen LogP contribution in [-0.4, -0.2) is 75.1 Å². The molecule has 0 radical (unpaired) electrons. The predicted octanol–water partition coefficient (Wildman–Crippen LogP) is -0.716. The number of carboxylic acids is 3. The van der Waals surface area contributed by atoms with Crippen LogP contribution in [0, 0.1) is 11.8 Å². The average molecular weight is 489 g/mol. The van der Waals surface area contributed by atoms with Crippen LogP contribution in [0.3, 0.4) is 0 Å². The monoisotopic (exact) mass is 488 g/mol. The number of nitrogens with one attached hydrogen (secondary N) is 3. The molecule has 0 saturated carbocycles. The van der Waals surface area contributed by atoms with Crippen molar-refractivity contribution in [1.29, 1.82) is 0 Å². The second-order valence-corrected chi connectivity index (χ2v) is 8.59. The normalized spacial score (nSPS) is 15.4. The van der Waals surface area contributed by atoms with E-state index in [1.807, 2.05) is 12.2 Å². The molecule has 13 heteroatoms. The average Bonchev–Trinajstić information content (AvgIpc) is 2.73. The standard InChI is InChI=1S/C21H36N4O9/c1-5-11(4)17(22)20(32)24-13(8-10(2)3)19(31)23-12(6-7-15(26)27)18(30)25-14(21(33)34)9-16(28)29/h10-14,17H,5-9,22H2,1-4H3,(H,23,31)(H,24,32)(H,25,30)(H,26,27)(H,28,29)(H,33,34). The number of carbonyl (C=O) groups is 6. The van der Waals surface area contributed by atoms with Crippen LogP contribution in [0.25, 0.3) is 0 Å². The molecule has 5 atom stereocenters. The zero-order valence-corrected chi connectivity index (χ0v) is 19.9. The lowest BCUT2D eigenvalue weighted by atomic mass is 9.97. The summed E-state index contributed by atoms with van der Waals surface area (Å²) in [5, 5.41) is 33.9. The molecule has 0 saturated heterocycles. The zero-order valence-electron chi connectivity index (χ0n) is 19.9. The summed E-state index contributed by atoms with van der Waals surface area (Å²) in [5.74, 6) is -6.95. The van der Waals surface area contributed by atoms with Crippen LogP contribution >= 0.6 is 0 Å². The SMILES string of the molecule is CCC(C)C(N)C(=O)NC(CC(C)C)C(=O)NC(CCC(=O)O)C(=O)NC(CC(=O)O)C(=O)O. The minimum absolute atomic E-state index is 0.0471. The van der Waals surface area contributed by atoms with Gasteiger partial charge in [0, 0.05) is 6.42 Å². The minimum atomic E-state index is -1.78. The third-order valence-electron chi connectivity index (χ3n) is 5.17. The van der Waals surface area contributed by atoms with Gasteiger partial charge in [0.2, 0.25) is 17.7 Å². The molecule has 13 nitrogen and oxygen atoms in total. The molecule has 0 bridgehead atoms. The fourth-order valence-corrected chi connectivity index (χ4v) is 2.94. The second-order valence-electron chi connectivity index (χ2n) is 8.59. The van der Waals surface area contributed by atoms with Crippen molar-refractivity contribution in [2.45, 2.75) is 84.0 Å². The number of amides is 3. The van der Waals surface area contributed by atoms with Crippen molar-refractivity contribution in [3.05, 3.63) is 0 Å². The van der Waals surface area contributed by atoms with E-state index in [1.54, 1.807) is 20.8 Å². The molecular formula is C21H36N4O9. The van der Waals surface area contributed by atoms with E-state index in [0.29, 0.717) is 6.42 Å². The van der Waals surface area contributed by atoms with Gasteiger partial charge in [0.1, 0.15) is 18.1 Å². The number of nitrogens with two attached hydrogens (primary N) is 1. The van der Waals surface area contributed by atoms with Gasteiger partial charge in [-0.15, -0.1) is 0 Å². The van der Waals surface area contributed by atoms with E-state index >= 15 is 0 Å². The Kier molecular flexibility index (Phi) is 13.4. The summed E-state index contributed by atoms with van der Waals surface area (Å²) in [7, 11) is 0. The molecular weight excluding hydrogens is 452 g/mol. The van der Waals surface area contributed by atoms with Crippen LogP contribution in [0.5, 0.6) is 0 Å². The third kappa shape index (κ3) is 11.6. The molecule has 0 aromatic carbocycles. The van der Waals surface area contributed by atoms with Crippen molar-refractivity contribution in [2.24, 2.45) is 17.6 Å². The predicted molar refractivity (Wildman–Crippen MR) is 119 cm³/mol. The molecule has 3 amide bonds. The van der Waals surface area contributed by atoms with Gasteiger partial charge in [-0.25, -0.2) is 4.79 Å². The van der Waals surface area contributed by atoms with Gasteiger partial charge in [0.05, 0.1) is 12.5 Å². The third-order valence-corrected chi connectivity index (χ3v) is 5.17. The highest BCUT2D eigenvalue weighted by atomic mass is 16.4. The van der Waals surface area contributed by atoms with Crippen LogP contribution in [0.2, 0.25) is 0 Å². The topological polar surface area (TPSA) is 225 Å². The Balaban J connectivity index is 5.63. The Morgan fingerprint density at radius 2 is 1.26 bits per heavy atom. The maximum absolute atomic E-state index is 12.9. The summed E-state index contributed by atoms with van der Waals surface area (Å²) >= 11 is 0. The molecule has 8 N–H and O–H groups in total. The van der Waals surface area contributed by atoms with Crippen LogP contribution in [0.4, 0.5) is 0 Å². The summed E-state index contributed by atoms with van der Waals surface area (Å²) < 4.78 is 0. The highest BCUT2D eigenvalue weighted by molar-refractivity contribution is 5.94. The second kappa shape index (κ2) is 14.8. The first-order valence-electron chi connectivity index (χ1n) is 11.0. The lowest BCUT2D eigenvalue weighted by Gasteiger charge is -2.26. The number of carboxylic acid groups (broad SMARTS) is 3. The molecule has 0 heterocycles. The van der Waals surface area contributed by atoms with E-state index in [2.05, 4.69) is 10.6 Å². The number of rotatable bonds is 16. The van der Waals surface area contributed by atoms with Crippen molar-refractivity contribution < 1.29 is 44.1 Å². The molecule has 0 aliphatic heterocycles. The molecule has 5 unspecified atom stereocenters. The quantitative estimate of drug-likeness (QED) is 0.144. The van der Waals surface area contributed by atoms with E-state index in [1.165, 1.54) is 0 Å². The van der Waals surface area contributed by atoms with Crippen LogP contribution in [-0.2, 0) is 28.8 Å². The van der Waals surface area contributed by atoms with Gasteiger partial charge in [-0.1, -0.05) is 34.1 Å². The molecule has 194 valence electrons. The van der Waals surface area contributed by atoms with Crippen molar-refractivity contribution in [2.75, 3.05) is 0 Å². The van der Waals surface area contributed by atoms with Crippen LogP contribution < -0.4 is 21.7 Å². The molecule has 0 rings (SSSR count). The molecule has 0 aliphatic carbocycles. The molecule has 0 aromatic rings. The largest absolute Gasteiger partial charge is 0.481 e. The van der Waals surface area contributed by atoms with E-state index in [-0.39, 0.29) is 24.7 Å². The van der Waals surface area contributed by atoms with Gasteiger partial charge in [-0.05, 0) is 24.7 Å². The minimum Gasteiger partial charge on any atom is -0.481 e. The zero-order chi connectivity index (χ0) is 26.6. The Hall–Kier alpha value is -3.22. The molecule has 0 aromatic heterocycles. The lowest BCUT2D eigenvalue weighted by molar-refractivity contribution is -0.147. The number of aliphatic carboxylic acids is 3. The first-order chi connectivity index (χ1) is 15.7. The number of carbonyl (C=O) groups excluding carboxylic acids is 3. The van der Waals surface area contributed by atoms with Gasteiger partial charge in [0.25, 0.3) is 0 Å². The van der Waals surface area contributed by atoms with Crippen LogP contribution in [0.15, 0.2) is 0 Å². The molecule has 0 fully saturated rings. The molecule has 34 heavy (non-hydrogen) atoms. The Bertz CT molecular complexity index is 757. The van der Waals surface area contributed by atoms with E-state index in [9.17, 15) is 28.8 Å². The van der Waals surface area contributed by atoms with E-state index in [4.69, 9.17) is 21.1 Å². The maximum Gasteiger partial charge on any atom is 0.326 e. The maximum atomic E-state index is 12.9. The van der Waals surface area contributed by atoms with Gasteiger partial charge in [-0.3, -0.25) is 24.0 Å². The smallest absolute Gasteiger partial charge is 0.326 e. The fraction of sp³-hybridized carbons (Fsp3) is 0.714. The molecule has 0 spiro atoms. The van der Waals surface area contributed by atoms with Crippen LogP contribution in [0.1, 0.15) is 59.8 Å². The van der Waals surface area contributed by atoms with Gasteiger partial charge >= 0.3 is 17.9 Å². The van der Waals surface area contributed by atoms with E-state index in [0.717, 1.165) is 0 Å². The summed E-state index contributed by atoms with van der Waals surface area (Å²) in [6.45, 7) is 7.25. The highest BCUT2D eigenvalue weighted by Gasteiger charge is 2.32. The lowest BCUT2D eigenvalue weighted by Crippen LogP contribution is -2.58. The first-order valence-corrected chi connectivity index (χ1v) is 11.0. The van der Waals surface area contributed by atoms with Gasteiger partial charge in [0.15, 0.2) is 0 Å². The number of hydrogen-bond donors (Lipinski definition) is 7. The van der Waals surface area contributed by atoms with Gasteiger partial charge in [-0.2, -0.15) is 0 Å². The number of hydrogen-bond acceptors (Lipinski definition) is 7. The fourth-order valence-electron chi connectivity index (χ4n) is 2.94. The molecule has 0 aliphatic rings. The Morgan fingerprint density at radius 3 is 1.71 bits per heavy atom. The summed E-state index contributed by atoms with van der Waals surface area (Å²) in [5.41, 5.74) is 5.93. The highest BCUT2D eigenvalue weighted by Crippen LogP contribution is 2.10. The summed E-state index contributed by atoms with van der Waals surface area (Å²) in [6, 6.07) is -5.22. The van der Waals surface area contributed by atoms with Gasteiger partial charge < -0.3 is 37.0 Å². The Morgan fingerprint density at radius 1 is 0.765 bits per heavy atom. The Labute approximate surface area is 197 Å².